The van der Waals surface area contributed by atoms with E-state index in [2.05, 4.69) is 0 Å². The van der Waals surface area contributed by atoms with Gasteiger partial charge in [0.1, 0.15) is 6.07 Å². The summed E-state index contributed by atoms with van der Waals surface area (Å²) in [5.74, 6) is -0.256. The van der Waals surface area contributed by atoms with Crippen molar-refractivity contribution < 1.29 is 9.90 Å². The van der Waals surface area contributed by atoms with E-state index in [0.29, 0.717) is 11.1 Å². The molecule has 2 aromatic rings. The van der Waals surface area contributed by atoms with Crippen molar-refractivity contribution in [1.82, 2.24) is 0 Å². The van der Waals surface area contributed by atoms with Crippen LogP contribution in [-0.2, 0) is 5.60 Å². The molecule has 0 aliphatic heterocycles. The van der Waals surface area contributed by atoms with Gasteiger partial charge in [-0.05, 0) is 5.56 Å². The first-order valence-corrected chi connectivity index (χ1v) is 5.93. The molecule has 1 N–H and O–H groups in total. The van der Waals surface area contributed by atoms with E-state index in [1.807, 2.05) is 12.1 Å². The van der Waals surface area contributed by atoms with Crippen molar-refractivity contribution in [2.45, 2.75) is 12.0 Å². The molecule has 0 radical (unpaired) electrons. The van der Waals surface area contributed by atoms with Gasteiger partial charge < -0.3 is 5.11 Å². The summed E-state index contributed by atoms with van der Waals surface area (Å²) in [6.45, 7) is 0. The van der Waals surface area contributed by atoms with Gasteiger partial charge in [0.05, 0.1) is 6.42 Å². The van der Waals surface area contributed by atoms with Gasteiger partial charge in [0.25, 0.3) is 0 Å². The molecule has 0 aliphatic carbocycles. The van der Waals surface area contributed by atoms with Crippen LogP contribution in [-0.4, -0.2) is 10.9 Å². The number of nitrogens with zero attached hydrogens (tertiary/aromatic N) is 1. The Bertz CT molecular complexity index is 602. The number of nitriles is 1. The number of ketones is 1. The number of carbonyl (C=O) groups is 1. The molecule has 0 aliphatic rings. The first-order chi connectivity index (χ1) is 9.15. The van der Waals surface area contributed by atoms with Gasteiger partial charge >= 0.3 is 0 Å². The van der Waals surface area contributed by atoms with Crippen LogP contribution in [0.1, 0.15) is 22.3 Å². The molecule has 1 unspecified atom stereocenters. The normalized spacial score (nSPS) is 13.3. The third kappa shape index (κ3) is 2.87. The summed E-state index contributed by atoms with van der Waals surface area (Å²) in [5, 5.41) is 19.5. The lowest BCUT2D eigenvalue weighted by atomic mass is 9.88. The van der Waals surface area contributed by atoms with Crippen LogP contribution in [0.5, 0.6) is 0 Å². The van der Waals surface area contributed by atoms with Crippen LogP contribution in [0.2, 0.25) is 0 Å². The molecule has 3 nitrogen and oxygen atoms in total. The zero-order valence-corrected chi connectivity index (χ0v) is 10.3. The molecule has 0 spiro atoms. The van der Waals surface area contributed by atoms with Crippen molar-refractivity contribution in [1.29, 1.82) is 5.26 Å². The van der Waals surface area contributed by atoms with Gasteiger partial charge in [-0.25, -0.2) is 0 Å². The maximum absolute atomic E-state index is 12.1. The van der Waals surface area contributed by atoms with Gasteiger partial charge in [0.2, 0.25) is 0 Å². The molecule has 3 heteroatoms. The van der Waals surface area contributed by atoms with E-state index >= 15 is 0 Å². The van der Waals surface area contributed by atoms with E-state index in [1.165, 1.54) is 0 Å². The van der Waals surface area contributed by atoms with E-state index < -0.39 is 5.60 Å². The molecule has 0 aromatic heterocycles. The lowest BCUT2D eigenvalue weighted by Crippen LogP contribution is -2.27. The highest BCUT2D eigenvalue weighted by Gasteiger charge is 2.32. The van der Waals surface area contributed by atoms with Crippen molar-refractivity contribution in [2.75, 3.05) is 0 Å². The second kappa shape index (κ2) is 5.47. The van der Waals surface area contributed by atoms with E-state index in [-0.39, 0.29) is 12.2 Å². The number of benzene rings is 2. The van der Waals surface area contributed by atoms with Crippen LogP contribution in [0.25, 0.3) is 0 Å². The zero-order chi connectivity index (χ0) is 13.7. The lowest BCUT2D eigenvalue weighted by Gasteiger charge is -2.19. The highest BCUT2D eigenvalue weighted by molar-refractivity contribution is 5.97. The van der Waals surface area contributed by atoms with Crippen molar-refractivity contribution in [3.8, 4) is 6.07 Å². The molecule has 0 fully saturated rings. The summed E-state index contributed by atoms with van der Waals surface area (Å²) in [5.41, 5.74) is -0.859. The van der Waals surface area contributed by atoms with Gasteiger partial charge in [0.15, 0.2) is 11.4 Å². The second-order valence-corrected chi connectivity index (χ2v) is 4.30. The molecule has 2 rings (SSSR count). The molecule has 1 atom stereocenters. The van der Waals surface area contributed by atoms with E-state index in [4.69, 9.17) is 0 Å². The first kappa shape index (κ1) is 13.0. The van der Waals surface area contributed by atoms with Crippen molar-refractivity contribution >= 4 is 5.78 Å². The number of rotatable bonds is 4. The van der Waals surface area contributed by atoms with Crippen LogP contribution in [0.15, 0.2) is 60.7 Å². The Morgan fingerprint density at radius 2 is 1.58 bits per heavy atom. The fraction of sp³-hybridized carbons (Fsp3) is 0.125. The van der Waals surface area contributed by atoms with Gasteiger partial charge in [0, 0.05) is 5.56 Å². The van der Waals surface area contributed by atoms with Gasteiger partial charge in [-0.15, -0.1) is 0 Å². The smallest absolute Gasteiger partial charge is 0.183 e. The predicted molar refractivity (Wildman–Crippen MR) is 71.3 cm³/mol. The highest BCUT2D eigenvalue weighted by Crippen LogP contribution is 2.25. The lowest BCUT2D eigenvalue weighted by molar-refractivity contribution is 0.0672. The summed E-state index contributed by atoms with van der Waals surface area (Å²) in [6, 6.07) is 19.0. The number of hydrogen-bond donors (Lipinski definition) is 1. The molecule has 0 saturated heterocycles. The average Bonchev–Trinajstić information content (AvgIpc) is 2.49. The van der Waals surface area contributed by atoms with Crippen LogP contribution in [0.4, 0.5) is 0 Å². The van der Waals surface area contributed by atoms with E-state index in [0.717, 1.165) is 0 Å². The number of aliphatic hydroxyl groups is 1. The van der Waals surface area contributed by atoms with Crippen molar-refractivity contribution in [3.63, 3.8) is 0 Å². The third-order valence-corrected chi connectivity index (χ3v) is 2.95. The minimum absolute atomic E-state index is 0.252. The van der Waals surface area contributed by atoms with Crippen LogP contribution in [0, 0.1) is 11.3 Å². The largest absolute Gasteiger partial charge is 0.371 e. The average molecular weight is 251 g/mol. The molecule has 0 bridgehead atoms. The Balaban J connectivity index is 2.26. The zero-order valence-electron chi connectivity index (χ0n) is 10.3. The molecular formula is C16H13NO2. The van der Waals surface area contributed by atoms with Crippen LogP contribution < -0.4 is 0 Å². The summed E-state index contributed by atoms with van der Waals surface area (Å²) in [4.78, 5) is 12.1. The minimum Gasteiger partial charge on any atom is -0.371 e. The molecule has 0 saturated carbocycles. The SMILES string of the molecule is N#CC(O)(CC(=O)c1ccccc1)c1ccccc1. The molecule has 0 heterocycles. The Labute approximate surface area is 111 Å². The summed E-state index contributed by atoms with van der Waals surface area (Å²) >= 11 is 0. The maximum Gasteiger partial charge on any atom is 0.183 e. The first-order valence-electron chi connectivity index (χ1n) is 5.93. The fourth-order valence-corrected chi connectivity index (χ4v) is 1.88. The second-order valence-electron chi connectivity index (χ2n) is 4.30. The summed E-state index contributed by atoms with van der Waals surface area (Å²) in [7, 11) is 0. The standard InChI is InChI=1S/C16H13NO2/c17-12-16(19,14-9-5-2-6-10-14)11-15(18)13-7-3-1-4-8-13/h1-10,19H,11H2. The Kier molecular flexibility index (Phi) is 3.74. The topological polar surface area (TPSA) is 61.1 Å². The van der Waals surface area contributed by atoms with Crippen LogP contribution in [0.3, 0.4) is 0 Å². The third-order valence-electron chi connectivity index (χ3n) is 2.95. The fourth-order valence-electron chi connectivity index (χ4n) is 1.88. The van der Waals surface area contributed by atoms with Crippen molar-refractivity contribution in [2.24, 2.45) is 0 Å². The highest BCUT2D eigenvalue weighted by atomic mass is 16.3. The summed E-state index contributed by atoms with van der Waals surface area (Å²) in [6.07, 6.45) is -0.252. The molecule has 19 heavy (non-hydrogen) atoms. The van der Waals surface area contributed by atoms with Crippen molar-refractivity contribution in [3.05, 3.63) is 71.8 Å². The summed E-state index contributed by atoms with van der Waals surface area (Å²) < 4.78 is 0. The molecule has 0 amide bonds. The Hall–Kier alpha value is -2.44. The molecular weight excluding hydrogens is 238 g/mol. The van der Waals surface area contributed by atoms with E-state index in [9.17, 15) is 15.2 Å². The van der Waals surface area contributed by atoms with Gasteiger partial charge in [-0.2, -0.15) is 5.26 Å². The Morgan fingerprint density at radius 3 is 2.11 bits per heavy atom. The predicted octanol–water partition coefficient (Wildman–Crippen LogP) is 2.67. The van der Waals surface area contributed by atoms with Crippen LogP contribution >= 0.6 is 0 Å². The maximum atomic E-state index is 12.1. The number of carbonyl (C=O) groups excluding carboxylic acids is 1. The van der Waals surface area contributed by atoms with Gasteiger partial charge in [-0.1, -0.05) is 60.7 Å². The number of hydrogen-bond acceptors (Lipinski definition) is 3. The Morgan fingerprint density at radius 1 is 1.05 bits per heavy atom. The molecule has 2 aromatic carbocycles. The minimum atomic E-state index is -1.78. The van der Waals surface area contributed by atoms with Gasteiger partial charge in [-0.3, -0.25) is 4.79 Å². The monoisotopic (exact) mass is 251 g/mol. The quantitative estimate of drug-likeness (QED) is 0.671. The molecule has 94 valence electrons. The number of Topliss-reactive ketones (excluding diaryl/α,β-unsaturated/α-hetero) is 1. The van der Waals surface area contributed by atoms with E-state index in [1.54, 1.807) is 54.6 Å².